The van der Waals surface area contributed by atoms with Crippen LogP contribution >= 0.6 is 23.2 Å². The Hall–Kier alpha value is -1.92. The third-order valence-corrected chi connectivity index (χ3v) is 2.78. The molecule has 2 rings (SSSR count). The minimum Gasteiger partial charge on any atom is -0.437 e. The SMILES string of the molecule is Cc1c(Oc2nc(Cl)ncc2Cl)cccc1[N+](=O)[O-]. The Balaban J connectivity index is 2.41. The van der Waals surface area contributed by atoms with E-state index in [1.54, 1.807) is 13.0 Å². The zero-order valence-electron chi connectivity index (χ0n) is 9.63. The lowest BCUT2D eigenvalue weighted by Crippen LogP contribution is -1.96. The van der Waals surface area contributed by atoms with E-state index in [0.29, 0.717) is 5.56 Å². The summed E-state index contributed by atoms with van der Waals surface area (Å²) in [6.45, 7) is 1.57. The summed E-state index contributed by atoms with van der Waals surface area (Å²) in [4.78, 5) is 17.8. The fraction of sp³-hybridized carbons (Fsp3) is 0.0909. The second kappa shape index (κ2) is 5.38. The molecule has 0 N–H and O–H groups in total. The fourth-order valence-electron chi connectivity index (χ4n) is 1.42. The molecule has 0 unspecified atom stereocenters. The van der Waals surface area contributed by atoms with E-state index in [0.717, 1.165) is 0 Å². The first-order valence-corrected chi connectivity index (χ1v) is 5.84. The minimum atomic E-state index is -0.489. The van der Waals surface area contributed by atoms with Gasteiger partial charge in [0.05, 0.1) is 16.7 Å². The van der Waals surface area contributed by atoms with Crippen LogP contribution < -0.4 is 4.74 Å². The van der Waals surface area contributed by atoms with Gasteiger partial charge in [0.15, 0.2) is 0 Å². The molecule has 0 fully saturated rings. The number of nitro benzene ring substituents is 1. The van der Waals surface area contributed by atoms with Crippen molar-refractivity contribution < 1.29 is 9.66 Å². The molecule has 98 valence electrons. The number of benzene rings is 1. The van der Waals surface area contributed by atoms with E-state index in [1.165, 1.54) is 18.3 Å². The summed E-state index contributed by atoms with van der Waals surface area (Å²) in [5.74, 6) is 0.330. The van der Waals surface area contributed by atoms with Gasteiger partial charge in [-0.3, -0.25) is 10.1 Å². The van der Waals surface area contributed by atoms with Crippen LogP contribution in [0.15, 0.2) is 24.4 Å². The lowest BCUT2D eigenvalue weighted by molar-refractivity contribution is -0.385. The van der Waals surface area contributed by atoms with Gasteiger partial charge in [0.2, 0.25) is 11.2 Å². The quantitative estimate of drug-likeness (QED) is 0.489. The van der Waals surface area contributed by atoms with Crippen molar-refractivity contribution in [1.29, 1.82) is 0 Å². The van der Waals surface area contributed by atoms with Gasteiger partial charge in [-0.15, -0.1) is 0 Å². The number of nitrogens with zero attached hydrogens (tertiary/aromatic N) is 3. The maximum absolute atomic E-state index is 10.8. The standard InChI is InChI=1S/C11H7Cl2N3O3/c1-6-8(16(17)18)3-2-4-9(6)19-10-7(12)5-14-11(13)15-10/h2-5H,1H3. The molecule has 0 atom stereocenters. The average Bonchev–Trinajstić information content (AvgIpc) is 2.36. The molecule has 2 aromatic rings. The third kappa shape index (κ3) is 2.91. The molecule has 0 aliphatic carbocycles. The molecule has 0 saturated carbocycles. The maximum atomic E-state index is 10.8. The van der Waals surface area contributed by atoms with E-state index >= 15 is 0 Å². The zero-order valence-corrected chi connectivity index (χ0v) is 11.1. The molecule has 0 spiro atoms. The van der Waals surface area contributed by atoms with E-state index in [9.17, 15) is 10.1 Å². The van der Waals surface area contributed by atoms with Gasteiger partial charge in [0.1, 0.15) is 10.8 Å². The van der Waals surface area contributed by atoms with E-state index < -0.39 is 4.92 Å². The first-order chi connectivity index (χ1) is 8.99. The molecule has 0 radical (unpaired) electrons. The Morgan fingerprint density at radius 1 is 1.37 bits per heavy atom. The number of rotatable bonds is 3. The van der Waals surface area contributed by atoms with Crippen LogP contribution in [0.1, 0.15) is 5.56 Å². The van der Waals surface area contributed by atoms with E-state index in [1.807, 2.05) is 0 Å². The Bertz CT molecular complexity index is 649. The van der Waals surface area contributed by atoms with Gasteiger partial charge in [-0.25, -0.2) is 4.98 Å². The molecule has 0 saturated heterocycles. The van der Waals surface area contributed by atoms with Crippen LogP contribution in [0.25, 0.3) is 0 Å². The number of halogens is 2. The van der Waals surface area contributed by atoms with Gasteiger partial charge in [0, 0.05) is 6.07 Å². The predicted molar refractivity (Wildman–Crippen MR) is 70.0 cm³/mol. The molecule has 19 heavy (non-hydrogen) atoms. The fourth-order valence-corrected chi connectivity index (χ4v) is 1.67. The highest BCUT2D eigenvalue weighted by molar-refractivity contribution is 6.32. The predicted octanol–water partition coefficient (Wildman–Crippen LogP) is 3.79. The maximum Gasteiger partial charge on any atom is 0.276 e. The number of hydrogen-bond donors (Lipinski definition) is 0. The number of nitro groups is 1. The van der Waals surface area contributed by atoms with Gasteiger partial charge in [0.25, 0.3) is 5.69 Å². The van der Waals surface area contributed by atoms with Crippen molar-refractivity contribution in [1.82, 2.24) is 9.97 Å². The summed E-state index contributed by atoms with van der Waals surface area (Å²) >= 11 is 11.5. The molecule has 0 aliphatic rings. The molecule has 1 aromatic heterocycles. The smallest absolute Gasteiger partial charge is 0.276 e. The van der Waals surface area contributed by atoms with Crippen molar-refractivity contribution in [3.05, 3.63) is 50.4 Å². The van der Waals surface area contributed by atoms with Crippen molar-refractivity contribution >= 4 is 28.9 Å². The highest BCUT2D eigenvalue weighted by Crippen LogP contribution is 2.33. The van der Waals surface area contributed by atoms with Crippen molar-refractivity contribution in [2.45, 2.75) is 6.92 Å². The second-order valence-electron chi connectivity index (χ2n) is 3.55. The molecule has 8 heteroatoms. The summed E-state index contributed by atoms with van der Waals surface area (Å²) in [5, 5.41) is 11.0. The normalized spacial score (nSPS) is 10.3. The number of aromatic nitrogens is 2. The van der Waals surface area contributed by atoms with E-state index in [2.05, 4.69) is 9.97 Å². The lowest BCUT2D eigenvalue weighted by atomic mass is 10.2. The van der Waals surface area contributed by atoms with Crippen molar-refractivity contribution in [2.24, 2.45) is 0 Å². The van der Waals surface area contributed by atoms with Gasteiger partial charge >= 0.3 is 0 Å². The zero-order chi connectivity index (χ0) is 14.0. The molecular formula is C11H7Cl2N3O3. The van der Waals surface area contributed by atoms with Gasteiger partial charge in [-0.05, 0) is 24.6 Å². The Morgan fingerprint density at radius 3 is 2.79 bits per heavy atom. The molecule has 0 bridgehead atoms. The molecule has 6 nitrogen and oxygen atoms in total. The molecule has 0 aliphatic heterocycles. The minimum absolute atomic E-state index is 0.0255. The average molecular weight is 300 g/mol. The Kier molecular flexibility index (Phi) is 3.82. The summed E-state index contributed by atoms with van der Waals surface area (Å²) < 4.78 is 5.44. The van der Waals surface area contributed by atoms with Gasteiger partial charge in [-0.1, -0.05) is 17.7 Å². The van der Waals surface area contributed by atoms with Crippen LogP contribution in [-0.4, -0.2) is 14.9 Å². The Labute approximate surface area is 118 Å². The van der Waals surface area contributed by atoms with Crippen LogP contribution in [0.4, 0.5) is 5.69 Å². The number of ether oxygens (including phenoxy) is 1. The second-order valence-corrected chi connectivity index (χ2v) is 4.30. The van der Waals surface area contributed by atoms with Crippen molar-refractivity contribution in [3.8, 4) is 11.6 Å². The lowest BCUT2D eigenvalue weighted by Gasteiger charge is -2.08. The van der Waals surface area contributed by atoms with E-state index in [-0.39, 0.29) is 27.6 Å². The van der Waals surface area contributed by atoms with E-state index in [4.69, 9.17) is 27.9 Å². The van der Waals surface area contributed by atoms with Crippen LogP contribution in [0.2, 0.25) is 10.3 Å². The van der Waals surface area contributed by atoms with Crippen LogP contribution in [0.5, 0.6) is 11.6 Å². The first-order valence-electron chi connectivity index (χ1n) is 5.09. The third-order valence-electron chi connectivity index (χ3n) is 2.34. The number of hydrogen-bond acceptors (Lipinski definition) is 5. The van der Waals surface area contributed by atoms with Gasteiger partial charge in [-0.2, -0.15) is 4.98 Å². The molecule has 1 heterocycles. The molecular weight excluding hydrogens is 293 g/mol. The summed E-state index contributed by atoms with van der Waals surface area (Å²) in [6, 6.07) is 4.47. The summed E-state index contributed by atoms with van der Waals surface area (Å²) in [5.41, 5.74) is 0.326. The Morgan fingerprint density at radius 2 is 2.11 bits per heavy atom. The van der Waals surface area contributed by atoms with Crippen LogP contribution in [-0.2, 0) is 0 Å². The summed E-state index contributed by atoms with van der Waals surface area (Å²) in [6.07, 6.45) is 1.29. The topological polar surface area (TPSA) is 78.2 Å². The highest BCUT2D eigenvalue weighted by Gasteiger charge is 2.16. The first kappa shape index (κ1) is 13.5. The van der Waals surface area contributed by atoms with Crippen LogP contribution in [0.3, 0.4) is 0 Å². The monoisotopic (exact) mass is 299 g/mol. The largest absolute Gasteiger partial charge is 0.437 e. The van der Waals surface area contributed by atoms with Crippen molar-refractivity contribution in [3.63, 3.8) is 0 Å². The van der Waals surface area contributed by atoms with Gasteiger partial charge < -0.3 is 4.74 Å². The summed E-state index contributed by atoms with van der Waals surface area (Å²) in [7, 11) is 0. The van der Waals surface area contributed by atoms with Crippen molar-refractivity contribution in [2.75, 3.05) is 0 Å². The highest BCUT2D eigenvalue weighted by atomic mass is 35.5. The molecule has 0 amide bonds. The van der Waals surface area contributed by atoms with Crippen LogP contribution in [0, 0.1) is 17.0 Å². The molecule has 1 aromatic carbocycles.